The molecule has 0 atom stereocenters. The van der Waals surface area contributed by atoms with Gasteiger partial charge in [0, 0.05) is 17.7 Å². The average molecular weight is 296 g/mol. The van der Waals surface area contributed by atoms with Crippen LogP contribution >= 0.6 is 12.4 Å². The number of nitrogens with two attached hydrogens (primary N) is 1. The molecule has 0 saturated carbocycles. The van der Waals surface area contributed by atoms with Crippen LogP contribution in [0.2, 0.25) is 0 Å². The van der Waals surface area contributed by atoms with Crippen LogP contribution in [0.25, 0.3) is 11.4 Å². The number of nitrogens with one attached hydrogen (secondary N) is 2. The largest absolute Gasteiger partial charge is 0.330 e. The third-order valence-electron chi connectivity index (χ3n) is 2.63. The molecule has 1 amide bonds. The van der Waals surface area contributed by atoms with Crippen molar-refractivity contribution in [2.24, 2.45) is 5.73 Å². The fourth-order valence-electron chi connectivity index (χ4n) is 1.66. The number of benzene rings is 1. The van der Waals surface area contributed by atoms with Gasteiger partial charge in [0.2, 0.25) is 5.91 Å². The molecule has 7 heteroatoms. The lowest BCUT2D eigenvalue weighted by atomic mass is 10.2. The minimum Gasteiger partial charge on any atom is -0.330 e. The summed E-state index contributed by atoms with van der Waals surface area (Å²) in [5, 5.41) is 9.69. The third-order valence-corrected chi connectivity index (χ3v) is 2.63. The predicted octanol–water partition coefficient (Wildman–Crippen LogP) is 1.88. The summed E-state index contributed by atoms with van der Waals surface area (Å²) in [4.78, 5) is 15.8. The second-order valence-electron chi connectivity index (χ2n) is 4.26. The average Bonchev–Trinajstić information content (AvgIpc) is 2.84. The van der Waals surface area contributed by atoms with E-state index in [0.29, 0.717) is 25.2 Å². The van der Waals surface area contributed by atoms with Crippen LogP contribution < -0.4 is 11.1 Å². The molecule has 0 bridgehead atoms. The van der Waals surface area contributed by atoms with E-state index in [1.165, 1.54) is 0 Å². The van der Waals surface area contributed by atoms with Gasteiger partial charge in [-0.25, -0.2) is 4.98 Å². The minimum absolute atomic E-state index is 0. The normalized spacial score (nSPS) is 9.90. The van der Waals surface area contributed by atoms with Crippen molar-refractivity contribution >= 4 is 24.0 Å². The molecule has 0 aliphatic carbocycles. The summed E-state index contributed by atoms with van der Waals surface area (Å²) in [5.74, 6) is 1.40. The Morgan fingerprint density at radius 2 is 2.05 bits per heavy atom. The Balaban J connectivity index is 0.00000200. The van der Waals surface area contributed by atoms with Crippen LogP contribution in [0.15, 0.2) is 24.3 Å². The highest BCUT2D eigenvalue weighted by atomic mass is 35.5. The van der Waals surface area contributed by atoms with E-state index in [1.54, 1.807) is 0 Å². The Hall–Kier alpha value is -1.92. The number of H-pyrrole nitrogens is 1. The molecule has 0 aliphatic heterocycles. The number of amides is 1. The van der Waals surface area contributed by atoms with Crippen LogP contribution in [0, 0.1) is 6.92 Å². The zero-order valence-electron chi connectivity index (χ0n) is 11.2. The first-order chi connectivity index (χ1) is 9.19. The van der Waals surface area contributed by atoms with Crippen LogP contribution in [0.5, 0.6) is 0 Å². The van der Waals surface area contributed by atoms with Crippen molar-refractivity contribution in [3.63, 3.8) is 0 Å². The Kier molecular flexibility index (Phi) is 6.14. The molecule has 6 nitrogen and oxygen atoms in total. The molecule has 2 rings (SSSR count). The Morgan fingerprint density at radius 3 is 2.60 bits per heavy atom. The van der Waals surface area contributed by atoms with Crippen molar-refractivity contribution in [2.75, 3.05) is 11.9 Å². The lowest BCUT2D eigenvalue weighted by Crippen LogP contribution is -2.13. The van der Waals surface area contributed by atoms with Gasteiger partial charge in [-0.1, -0.05) is 0 Å². The third kappa shape index (κ3) is 4.32. The first-order valence-corrected chi connectivity index (χ1v) is 6.18. The van der Waals surface area contributed by atoms with Gasteiger partial charge in [0.15, 0.2) is 5.82 Å². The molecule has 0 radical (unpaired) electrons. The number of aromatic amines is 1. The summed E-state index contributed by atoms with van der Waals surface area (Å²) < 4.78 is 0. The van der Waals surface area contributed by atoms with Crippen molar-refractivity contribution in [1.82, 2.24) is 15.2 Å². The number of carbonyl (C=O) groups excluding carboxylic acids is 1. The van der Waals surface area contributed by atoms with Gasteiger partial charge in [0.1, 0.15) is 5.82 Å². The number of aryl methyl sites for hydroxylation is 1. The lowest BCUT2D eigenvalue weighted by molar-refractivity contribution is -0.116. The molecule has 1 aromatic carbocycles. The van der Waals surface area contributed by atoms with Crippen LogP contribution in [-0.4, -0.2) is 27.6 Å². The lowest BCUT2D eigenvalue weighted by Gasteiger charge is -2.05. The monoisotopic (exact) mass is 295 g/mol. The van der Waals surface area contributed by atoms with Gasteiger partial charge in [-0.2, -0.15) is 5.10 Å². The number of carbonyl (C=O) groups is 1. The minimum atomic E-state index is -0.0214. The molecule has 0 unspecified atom stereocenters. The van der Waals surface area contributed by atoms with Gasteiger partial charge in [0.05, 0.1) is 0 Å². The number of anilines is 1. The summed E-state index contributed by atoms with van der Waals surface area (Å²) >= 11 is 0. The quantitative estimate of drug-likeness (QED) is 0.784. The first-order valence-electron chi connectivity index (χ1n) is 6.18. The van der Waals surface area contributed by atoms with E-state index >= 15 is 0 Å². The SMILES string of the molecule is Cc1nc(-c2ccc(NC(=O)CCCN)cc2)n[nH]1.Cl. The molecular weight excluding hydrogens is 278 g/mol. The predicted molar refractivity (Wildman–Crippen MR) is 80.7 cm³/mol. The number of rotatable bonds is 5. The summed E-state index contributed by atoms with van der Waals surface area (Å²) in [6.07, 6.45) is 1.14. The van der Waals surface area contributed by atoms with Crippen molar-refractivity contribution in [3.05, 3.63) is 30.1 Å². The van der Waals surface area contributed by atoms with Crippen LogP contribution in [-0.2, 0) is 4.79 Å². The zero-order valence-corrected chi connectivity index (χ0v) is 12.0. The molecule has 0 aliphatic rings. The Labute approximate surface area is 123 Å². The van der Waals surface area contributed by atoms with Crippen molar-refractivity contribution in [1.29, 1.82) is 0 Å². The number of halogens is 1. The van der Waals surface area contributed by atoms with Crippen molar-refractivity contribution < 1.29 is 4.79 Å². The molecule has 20 heavy (non-hydrogen) atoms. The summed E-state index contributed by atoms with van der Waals surface area (Å²) in [6, 6.07) is 7.42. The summed E-state index contributed by atoms with van der Waals surface area (Å²) in [7, 11) is 0. The van der Waals surface area contributed by atoms with Gasteiger partial charge in [-0.3, -0.25) is 9.89 Å². The topological polar surface area (TPSA) is 96.7 Å². The zero-order chi connectivity index (χ0) is 13.7. The van der Waals surface area contributed by atoms with E-state index < -0.39 is 0 Å². The van der Waals surface area contributed by atoms with E-state index in [0.717, 1.165) is 17.1 Å². The molecular formula is C13H18ClN5O. The van der Waals surface area contributed by atoms with Gasteiger partial charge >= 0.3 is 0 Å². The van der Waals surface area contributed by atoms with Crippen molar-refractivity contribution in [3.8, 4) is 11.4 Å². The van der Waals surface area contributed by atoms with Gasteiger partial charge in [-0.15, -0.1) is 12.4 Å². The summed E-state index contributed by atoms with van der Waals surface area (Å²) in [6.45, 7) is 2.37. The van der Waals surface area contributed by atoms with Crippen LogP contribution in [0.4, 0.5) is 5.69 Å². The van der Waals surface area contributed by atoms with Crippen molar-refractivity contribution in [2.45, 2.75) is 19.8 Å². The highest BCUT2D eigenvalue weighted by Crippen LogP contribution is 2.17. The van der Waals surface area contributed by atoms with Gasteiger partial charge in [-0.05, 0) is 44.2 Å². The van der Waals surface area contributed by atoms with Gasteiger partial charge in [0.25, 0.3) is 0 Å². The number of hydrogen-bond donors (Lipinski definition) is 3. The summed E-state index contributed by atoms with van der Waals surface area (Å²) in [5.41, 5.74) is 7.03. The number of aromatic nitrogens is 3. The molecule has 1 aromatic heterocycles. The smallest absolute Gasteiger partial charge is 0.224 e. The number of hydrogen-bond acceptors (Lipinski definition) is 4. The fourth-order valence-corrected chi connectivity index (χ4v) is 1.66. The highest BCUT2D eigenvalue weighted by molar-refractivity contribution is 5.90. The maximum atomic E-state index is 11.5. The molecule has 108 valence electrons. The standard InChI is InChI=1S/C13H17N5O.ClH/c1-9-15-13(18-17-9)10-4-6-11(7-5-10)16-12(19)3-2-8-14;/h4-7H,2-3,8,14H2,1H3,(H,16,19)(H,15,17,18);1H. The second-order valence-corrected chi connectivity index (χ2v) is 4.26. The Bertz CT molecular complexity index is 552. The molecule has 0 saturated heterocycles. The fraction of sp³-hybridized carbons (Fsp3) is 0.308. The second kappa shape index (κ2) is 7.62. The van der Waals surface area contributed by atoms with E-state index in [-0.39, 0.29) is 18.3 Å². The maximum absolute atomic E-state index is 11.5. The van der Waals surface area contributed by atoms with E-state index in [2.05, 4.69) is 20.5 Å². The van der Waals surface area contributed by atoms with Crippen LogP contribution in [0.3, 0.4) is 0 Å². The molecule has 2 aromatic rings. The van der Waals surface area contributed by atoms with Gasteiger partial charge < -0.3 is 11.1 Å². The molecule has 1 heterocycles. The first kappa shape index (κ1) is 16.1. The van der Waals surface area contributed by atoms with E-state index in [1.807, 2.05) is 31.2 Å². The molecule has 0 fully saturated rings. The number of nitrogens with zero attached hydrogens (tertiary/aromatic N) is 2. The van der Waals surface area contributed by atoms with Crippen LogP contribution in [0.1, 0.15) is 18.7 Å². The molecule has 0 spiro atoms. The highest BCUT2D eigenvalue weighted by Gasteiger charge is 2.05. The molecule has 4 N–H and O–H groups in total. The maximum Gasteiger partial charge on any atom is 0.224 e. The van der Waals surface area contributed by atoms with E-state index in [9.17, 15) is 4.79 Å². The Morgan fingerprint density at radius 1 is 1.35 bits per heavy atom. The van der Waals surface area contributed by atoms with E-state index in [4.69, 9.17) is 5.73 Å².